The van der Waals surface area contributed by atoms with Gasteiger partial charge in [0, 0.05) is 23.1 Å². The normalized spacial score (nSPS) is 19.3. The second-order valence-electron chi connectivity index (χ2n) is 5.69. The van der Waals surface area contributed by atoms with E-state index in [1.165, 1.54) is 36.8 Å². The van der Waals surface area contributed by atoms with E-state index in [0.717, 1.165) is 22.7 Å². The summed E-state index contributed by atoms with van der Waals surface area (Å²) in [4.78, 5) is 2.36. The minimum absolute atomic E-state index is 0.278. The summed E-state index contributed by atoms with van der Waals surface area (Å²) >= 11 is 4.75. The number of likely N-dealkylation sites (tertiary alicyclic amines) is 1. The molecule has 1 aliphatic rings. The van der Waals surface area contributed by atoms with Gasteiger partial charge in [0.25, 0.3) is 0 Å². The zero-order valence-corrected chi connectivity index (χ0v) is 14.8. The van der Waals surface area contributed by atoms with Gasteiger partial charge in [-0.25, -0.2) is 4.39 Å². The molecule has 0 bridgehead atoms. The Hall–Kier alpha value is -1.05. The molecule has 1 unspecified atom stereocenters. The number of aromatic nitrogens is 2. The largest absolute Gasteiger partial charge is 0.360 e. The number of hydrogen-bond acceptors (Lipinski definition) is 5. The molecule has 1 N–H and O–H groups in total. The monoisotopic (exact) mass is 384 g/mol. The first-order valence-corrected chi connectivity index (χ1v) is 8.94. The molecule has 22 heavy (non-hydrogen) atoms. The molecular formula is C15H18BrFN4S. The predicted octanol–water partition coefficient (Wildman–Crippen LogP) is 3.86. The number of piperidine rings is 1. The van der Waals surface area contributed by atoms with Gasteiger partial charge < -0.3 is 10.2 Å². The van der Waals surface area contributed by atoms with E-state index in [1.54, 1.807) is 12.1 Å². The van der Waals surface area contributed by atoms with E-state index in [4.69, 9.17) is 0 Å². The molecule has 1 aromatic heterocycles. The molecule has 0 radical (unpaired) electrons. The van der Waals surface area contributed by atoms with E-state index in [0.29, 0.717) is 16.5 Å². The van der Waals surface area contributed by atoms with Crippen LogP contribution in [0.5, 0.6) is 0 Å². The molecule has 1 saturated heterocycles. The third-order valence-electron chi connectivity index (χ3n) is 3.85. The molecule has 2 aromatic rings. The first kappa shape index (κ1) is 15.8. The lowest BCUT2D eigenvalue weighted by Gasteiger charge is -2.29. The second-order valence-corrected chi connectivity index (χ2v) is 7.58. The summed E-state index contributed by atoms with van der Waals surface area (Å²) in [7, 11) is 2.16. The van der Waals surface area contributed by atoms with Crippen LogP contribution in [0.3, 0.4) is 0 Å². The molecule has 0 amide bonds. The Morgan fingerprint density at radius 3 is 3.14 bits per heavy atom. The van der Waals surface area contributed by atoms with E-state index in [1.807, 2.05) is 0 Å². The molecule has 1 aromatic carbocycles. The minimum Gasteiger partial charge on any atom is -0.360 e. The van der Waals surface area contributed by atoms with Crippen LogP contribution in [0.25, 0.3) is 10.6 Å². The van der Waals surface area contributed by atoms with Crippen molar-refractivity contribution in [1.29, 1.82) is 0 Å². The van der Waals surface area contributed by atoms with E-state index in [2.05, 4.69) is 43.4 Å². The van der Waals surface area contributed by atoms with Gasteiger partial charge in [-0.2, -0.15) is 0 Å². The van der Waals surface area contributed by atoms with Crippen molar-refractivity contribution in [3.05, 3.63) is 28.5 Å². The molecule has 0 saturated carbocycles. The highest BCUT2D eigenvalue weighted by Crippen LogP contribution is 2.30. The van der Waals surface area contributed by atoms with Crippen LogP contribution in [0.2, 0.25) is 0 Å². The van der Waals surface area contributed by atoms with E-state index in [-0.39, 0.29) is 5.82 Å². The lowest BCUT2D eigenvalue weighted by molar-refractivity contribution is 0.217. The van der Waals surface area contributed by atoms with Crippen molar-refractivity contribution in [2.45, 2.75) is 12.8 Å². The van der Waals surface area contributed by atoms with Gasteiger partial charge in [-0.15, -0.1) is 10.2 Å². The van der Waals surface area contributed by atoms with Crippen molar-refractivity contribution in [3.8, 4) is 10.6 Å². The smallest absolute Gasteiger partial charge is 0.206 e. The Kier molecular flexibility index (Phi) is 5.05. The second kappa shape index (κ2) is 7.02. The molecule has 3 rings (SSSR count). The van der Waals surface area contributed by atoms with Gasteiger partial charge >= 0.3 is 0 Å². The van der Waals surface area contributed by atoms with Crippen LogP contribution in [0.15, 0.2) is 22.7 Å². The molecule has 0 aliphatic carbocycles. The molecule has 0 spiro atoms. The molecule has 1 atom stereocenters. The Balaban J connectivity index is 1.65. The fourth-order valence-electron chi connectivity index (χ4n) is 2.74. The lowest BCUT2D eigenvalue weighted by atomic mass is 9.99. The number of benzene rings is 1. The predicted molar refractivity (Wildman–Crippen MR) is 91.7 cm³/mol. The minimum atomic E-state index is -0.278. The SMILES string of the molecule is CN1CCCC(CNc2nnc(-c3cc(Br)ccc3F)s2)C1. The Labute approximate surface area is 141 Å². The van der Waals surface area contributed by atoms with Gasteiger partial charge in [-0.1, -0.05) is 27.3 Å². The summed E-state index contributed by atoms with van der Waals surface area (Å²) in [5, 5.41) is 12.9. The summed E-state index contributed by atoms with van der Waals surface area (Å²) in [6.45, 7) is 3.18. The fourth-order valence-corrected chi connectivity index (χ4v) is 3.87. The lowest BCUT2D eigenvalue weighted by Crippen LogP contribution is -2.35. The van der Waals surface area contributed by atoms with Crippen molar-refractivity contribution in [2.75, 3.05) is 32.0 Å². The highest BCUT2D eigenvalue weighted by atomic mass is 79.9. The maximum Gasteiger partial charge on any atom is 0.206 e. The number of anilines is 1. The van der Waals surface area contributed by atoms with Crippen molar-refractivity contribution in [3.63, 3.8) is 0 Å². The number of nitrogens with one attached hydrogen (secondary N) is 1. The molecule has 1 aliphatic heterocycles. The quantitative estimate of drug-likeness (QED) is 0.868. The number of hydrogen-bond donors (Lipinski definition) is 1. The maximum absolute atomic E-state index is 13.9. The van der Waals surface area contributed by atoms with Crippen LogP contribution in [-0.2, 0) is 0 Å². The highest BCUT2D eigenvalue weighted by molar-refractivity contribution is 9.10. The summed E-state index contributed by atoms with van der Waals surface area (Å²) in [6.07, 6.45) is 2.48. The van der Waals surface area contributed by atoms with Crippen LogP contribution in [0.1, 0.15) is 12.8 Å². The van der Waals surface area contributed by atoms with Crippen LogP contribution < -0.4 is 5.32 Å². The zero-order chi connectivity index (χ0) is 15.5. The van der Waals surface area contributed by atoms with E-state index in [9.17, 15) is 4.39 Å². The van der Waals surface area contributed by atoms with Gasteiger partial charge in [0.2, 0.25) is 5.13 Å². The highest BCUT2D eigenvalue weighted by Gasteiger charge is 2.18. The Bertz CT molecular complexity index is 648. The van der Waals surface area contributed by atoms with Crippen molar-refractivity contribution < 1.29 is 4.39 Å². The first-order valence-electron chi connectivity index (χ1n) is 7.33. The van der Waals surface area contributed by atoms with Crippen molar-refractivity contribution in [1.82, 2.24) is 15.1 Å². The molecule has 1 fully saturated rings. The van der Waals surface area contributed by atoms with Gasteiger partial charge in [0.1, 0.15) is 5.82 Å². The van der Waals surface area contributed by atoms with Crippen LogP contribution in [0, 0.1) is 11.7 Å². The van der Waals surface area contributed by atoms with E-state index >= 15 is 0 Å². The number of halogens is 2. The topological polar surface area (TPSA) is 41.0 Å². The molecule has 2 heterocycles. The number of nitrogens with zero attached hydrogens (tertiary/aromatic N) is 3. The average Bonchev–Trinajstić information content (AvgIpc) is 2.96. The van der Waals surface area contributed by atoms with Gasteiger partial charge in [-0.05, 0) is 50.6 Å². The summed E-state index contributed by atoms with van der Waals surface area (Å²) in [5.41, 5.74) is 0.484. The Morgan fingerprint density at radius 2 is 2.32 bits per heavy atom. The maximum atomic E-state index is 13.9. The van der Waals surface area contributed by atoms with Gasteiger partial charge in [0.15, 0.2) is 5.01 Å². The van der Waals surface area contributed by atoms with Crippen LogP contribution >= 0.6 is 27.3 Å². The third kappa shape index (κ3) is 3.83. The fraction of sp³-hybridized carbons (Fsp3) is 0.467. The standard InChI is InChI=1S/C15H18BrFN4S/c1-21-6-2-3-10(9-21)8-18-15-20-19-14(22-15)12-7-11(16)4-5-13(12)17/h4-5,7,10H,2-3,6,8-9H2,1H3,(H,18,20). The van der Waals surface area contributed by atoms with Crippen LogP contribution in [-0.4, -0.2) is 41.8 Å². The average molecular weight is 385 g/mol. The molecular weight excluding hydrogens is 367 g/mol. The third-order valence-corrected chi connectivity index (χ3v) is 5.26. The summed E-state index contributed by atoms with van der Waals surface area (Å²) in [5.74, 6) is 0.355. The Morgan fingerprint density at radius 1 is 1.45 bits per heavy atom. The summed E-state index contributed by atoms with van der Waals surface area (Å²) in [6, 6.07) is 4.85. The van der Waals surface area contributed by atoms with Crippen molar-refractivity contribution in [2.24, 2.45) is 5.92 Å². The van der Waals surface area contributed by atoms with E-state index < -0.39 is 0 Å². The summed E-state index contributed by atoms with van der Waals surface area (Å²) < 4.78 is 14.7. The van der Waals surface area contributed by atoms with Crippen molar-refractivity contribution >= 4 is 32.4 Å². The first-order chi connectivity index (χ1) is 10.6. The zero-order valence-electron chi connectivity index (χ0n) is 12.4. The van der Waals surface area contributed by atoms with Gasteiger partial charge in [0.05, 0.1) is 0 Å². The van der Waals surface area contributed by atoms with Gasteiger partial charge in [-0.3, -0.25) is 0 Å². The molecule has 118 valence electrons. The molecule has 7 heteroatoms. The number of rotatable bonds is 4. The molecule has 4 nitrogen and oxygen atoms in total. The van der Waals surface area contributed by atoms with Crippen LogP contribution in [0.4, 0.5) is 9.52 Å².